The lowest BCUT2D eigenvalue weighted by molar-refractivity contribution is 0.438. The summed E-state index contributed by atoms with van der Waals surface area (Å²) in [5.74, 6) is 0.258. The first kappa shape index (κ1) is 16.0. The van der Waals surface area contributed by atoms with Gasteiger partial charge in [-0.15, -0.1) is 12.4 Å². The van der Waals surface area contributed by atoms with Gasteiger partial charge in [0, 0.05) is 12.7 Å². The average Bonchev–Trinajstić information content (AvgIpc) is 2.54. The highest BCUT2D eigenvalue weighted by Gasteiger charge is 2.14. The third-order valence-electron chi connectivity index (χ3n) is 3.41. The molecule has 1 aromatic heterocycles. The van der Waals surface area contributed by atoms with Gasteiger partial charge in [0.1, 0.15) is 5.75 Å². The molecule has 0 fully saturated rings. The van der Waals surface area contributed by atoms with Crippen LogP contribution in [0.2, 0.25) is 0 Å². The van der Waals surface area contributed by atoms with Crippen LogP contribution in [0.1, 0.15) is 37.7 Å². The van der Waals surface area contributed by atoms with Crippen LogP contribution in [0.4, 0.5) is 0 Å². The molecule has 1 aliphatic carbocycles. The van der Waals surface area contributed by atoms with Crippen molar-refractivity contribution in [3.63, 3.8) is 0 Å². The molecule has 0 aliphatic heterocycles. The predicted octanol–water partition coefficient (Wildman–Crippen LogP) is 3.49. The maximum atomic E-state index is 9.59. The van der Waals surface area contributed by atoms with Crippen molar-refractivity contribution in [1.82, 2.24) is 9.88 Å². The molecule has 19 heavy (non-hydrogen) atoms. The number of hydrogen-bond acceptors (Lipinski definition) is 3. The van der Waals surface area contributed by atoms with Crippen LogP contribution in [0, 0.1) is 0 Å². The summed E-state index contributed by atoms with van der Waals surface area (Å²) in [6, 6.07) is 1.84. The molecule has 0 saturated heterocycles. The van der Waals surface area contributed by atoms with Crippen LogP contribution in [0.25, 0.3) is 5.57 Å². The fraction of sp³-hybridized carbons (Fsp3) is 0.533. The standard InChI is InChI=1S/C15H22N2O.ClH/c1-17(2)11-12-6-4-3-5-7-15(12)13-8-14(18)10-16-9-13;/h8-10,18H,3-7,11H2,1-2H3;1H. The molecule has 1 aliphatic rings. The number of rotatable bonds is 3. The fourth-order valence-electron chi connectivity index (χ4n) is 2.64. The largest absolute Gasteiger partial charge is 0.506 e. The van der Waals surface area contributed by atoms with Gasteiger partial charge in [-0.25, -0.2) is 0 Å². The molecule has 0 spiro atoms. The van der Waals surface area contributed by atoms with Crippen molar-refractivity contribution in [3.05, 3.63) is 29.6 Å². The molecule has 0 radical (unpaired) electrons. The van der Waals surface area contributed by atoms with Gasteiger partial charge in [-0.3, -0.25) is 4.98 Å². The Morgan fingerprint density at radius 3 is 2.58 bits per heavy atom. The first-order valence-electron chi connectivity index (χ1n) is 6.67. The maximum Gasteiger partial charge on any atom is 0.134 e. The number of halogens is 1. The summed E-state index contributed by atoms with van der Waals surface area (Å²) in [4.78, 5) is 6.32. The van der Waals surface area contributed by atoms with E-state index in [0.717, 1.165) is 18.5 Å². The molecule has 0 aromatic carbocycles. The van der Waals surface area contributed by atoms with E-state index in [1.807, 2.05) is 12.3 Å². The second kappa shape index (κ2) is 7.51. The predicted molar refractivity (Wildman–Crippen MR) is 81.7 cm³/mol. The van der Waals surface area contributed by atoms with Crippen LogP contribution in [0.15, 0.2) is 24.0 Å². The number of likely N-dealkylation sites (N-methyl/N-ethyl adjacent to an activating group) is 1. The molecular formula is C15H23ClN2O. The second-order valence-corrected chi connectivity index (χ2v) is 5.31. The molecule has 0 bridgehead atoms. The first-order chi connectivity index (χ1) is 8.66. The fourth-order valence-corrected chi connectivity index (χ4v) is 2.64. The number of allylic oxidation sites excluding steroid dienone is 1. The Balaban J connectivity index is 0.00000180. The third-order valence-corrected chi connectivity index (χ3v) is 3.41. The van der Waals surface area contributed by atoms with Crippen LogP contribution >= 0.6 is 12.4 Å². The maximum absolute atomic E-state index is 9.59. The minimum absolute atomic E-state index is 0. The van der Waals surface area contributed by atoms with Crippen molar-refractivity contribution in [2.24, 2.45) is 0 Å². The highest BCUT2D eigenvalue weighted by Crippen LogP contribution is 2.32. The lowest BCUT2D eigenvalue weighted by atomic mass is 9.97. The SMILES string of the molecule is CN(C)CC1=C(c2cncc(O)c2)CCCCC1.Cl. The van der Waals surface area contributed by atoms with Crippen molar-refractivity contribution in [1.29, 1.82) is 0 Å². The summed E-state index contributed by atoms with van der Waals surface area (Å²) >= 11 is 0. The van der Waals surface area contributed by atoms with Gasteiger partial charge >= 0.3 is 0 Å². The molecule has 1 aromatic rings. The quantitative estimate of drug-likeness (QED) is 0.922. The van der Waals surface area contributed by atoms with E-state index in [1.54, 1.807) is 0 Å². The van der Waals surface area contributed by atoms with Gasteiger partial charge in [0.2, 0.25) is 0 Å². The van der Waals surface area contributed by atoms with E-state index in [-0.39, 0.29) is 18.2 Å². The van der Waals surface area contributed by atoms with Gasteiger partial charge in [0.05, 0.1) is 6.20 Å². The van der Waals surface area contributed by atoms with E-state index in [2.05, 4.69) is 24.0 Å². The van der Waals surface area contributed by atoms with Crippen molar-refractivity contribution in [2.45, 2.75) is 32.1 Å². The molecule has 2 rings (SSSR count). The second-order valence-electron chi connectivity index (χ2n) is 5.31. The van der Waals surface area contributed by atoms with E-state index < -0.39 is 0 Å². The molecule has 0 unspecified atom stereocenters. The first-order valence-corrected chi connectivity index (χ1v) is 6.67. The zero-order valence-electron chi connectivity index (χ0n) is 11.7. The summed E-state index contributed by atoms with van der Waals surface area (Å²) in [5, 5.41) is 9.59. The number of nitrogens with zero attached hydrogens (tertiary/aromatic N) is 2. The highest BCUT2D eigenvalue weighted by atomic mass is 35.5. The lowest BCUT2D eigenvalue weighted by Crippen LogP contribution is -2.16. The van der Waals surface area contributed by atoms with Crippen LogP contribution in [0.3, 0.4) is 0 Å². The number of aromatic nitrogens is 1. The van der Waals surface area contributed by atoms with Gasteiger partial charge in [-0.1, -0.05) is 12.0 Å². The molecule has 106 valence electrons. The molecule has 1 N–H and O–H groups in total. The van der Waals surface area contributed by atoms with E-state index in [0.29, 0.717) is 0 Å². The Labute approximate surface area is 121 Å². The van der Waals surface area contributed by atoms with Crippen LogP contribution < -0.4 is 0 Å². The van der Waals surface area contributed by atoms with Crippen molar-refractivity contribution < 1.29 is 5.11 Å². The van der Waals surface area contributed by atoms with Gasteiger partial charge in [0.25, 0.3) is 0 Å². The normalized spacial score (nSPS) is 16.2. The topological polar surface area (TPSA) is 36.4 Å². The summed E-state index contributed by atoms with van der Waals surface area (Å²) in [6.45, 7) is 1.00. The summed E-state index contributed by atoms with van der Waals surface area (Å²) < 4.78 is 0. The number of pyridine rings is 1. The van der Waals surface area contributed by atoms with Crippen LogP contribution in [-0.4, -0.2) is 35.6 Å². The number of hydrogen-bond donors (Lipinski definition) is 1. The summed E-state index contributed by atoms with van der Waals surface area (Å²) in [6.07, 6.45) is 9.45. The Kier molecular flexibility index (Phi) is 6.32. The average molecular weight is 283 g/mol. The summed E-state index contributed by atoms with van der Waals surface area (Å²) in [5.41, 5.74) is 3.99. The lowest BCUT2D eigenvalue weighted by Gasteiger charge is -2.17. The van der Waals surface area contributed by atoms with Crippen molar-refractivity contribution >= 4 is 18.0 Å². The Hall–Kier alpha value is -1.06. The zero-order valence-corrected chi connectivity index (χ0v) is 12.5. The number of aromatic hydroxyl groups is 1. The minimum Gasteiger partial charge on any atom is -0.506 e. The molecular weight excluding hydrogens is 260 g/mol. The van der Waals surface area contributed by atoms with Gasteiger partial charge < -0.3 is 10.0 Å². The van der Waals surface area contributed by atoms with Crippen LogP contribution in [-0.2, 0) is 0 Å². The van der Waals surface area contributed by atoms with E-state index >= 15 is 0 Å². The van der Waals surface area contributed by atoms with Gasteiger partial charge in [-0.2, -0.15) is 0 Å². The smallest absolute Gasteiger partial charge is 0.134 e. The van der Waals surface area contributed by atoms with E-state index in [4.69, 9.17) is 0 Å². The molecule has 3 nitrogen and oxygen atoms in total. The van der Waals surface area contributed by atoms with Gasteiger partial charge in [0.15, 0.2) is 0 Å². The van der Waals surface area contributed by atoms with Crippen LogP contribution in [0.5, 0.6) is 5.75 Å². The van der Waals surface area contributed by atoms with Crippen molar-refractivity contribution in [3.8, 4) is 5.75 Å². The Morgan fingerprint density at radius 1 is 1.16 bits per heavy atom. The minimum atomic E-state index is 0. The van der Waals surface area contributed by atoms with E-state index in [1.165, 1.54) is 43.0 Å². The Bertz CT molecular complexity index is 444. The molecule has 0 atom stereocenters. The van der Waals surface area contributed by atoms with E-state index in [9.17, 15) is 5.11 Å². The third kappa shape index (κ3) is 4.51. The summed E-state index contributed by atoms with van der Waals surface area (Å²) in [7, 11) is 4.21. The van der Waals surface area contributed by atoms with Gasteiger partial charge in [-0.05, 0) is 57.0 Å². The van der Waals surface area contributed by atoms with Crippen molar-refractivity contribution in [2.75, 3.05) is 20.6 Å². The zero-order chi connectivity index (χ0) is 13.0. The monoisotopic (exact) mass is 282 g/mol. The molecule has 0 saturated carbocycles. The Morgan fingerprint density at radius 2 is 1.89 bits per heavy atom. The molecule has 1 heterocycles. The molecule has 0 amide bonds. The highest BCUT2D eigenvalue weighted by molar-refractivity contribution is 5.85. The molecule has 4 heteroatoms.